The maximum absolute atomic E-state index is 11.9. The van der Waals surface area contributed by atoms with Gasteiger partial charge in [-0.1, -0.05) is 30.3 Å². The lowest BCUT2D eigenvalue weighted by molar-refractivity contribution is -0.345. The molecule has 2 saturated heterocycles. The van der Waals surface area contributed by atoms with E-state index in [1.54, 1.807) is 0 Å². The summed E-state index contributed by atoms with van der Waals surface area (Å²) < 4.78 is 22.6. The zero-order valence-electron chi connectivity index (χ0n) is 18.0. The van der Waals surface area contributed by atoms with Crippen LogP contribution in [-0.2, 0) is 30.3 Å². The number of aliphatic hydroxyl groups excluding tert-OH is 6. The van der Waals surface area contributed by atoms with Crippen molar-refractivity contribution in [3.63, 3.8) is 0 Å². The Labute approximate surface area is 190 Å². The number of ether oxygens (including phenoxy) is 4. The van der Waals surface area contributed by atoms with Gasteiger partial charge in [-0.25, -0.2) is 0 Å². The van der Waals surface area contributed by atoms with Gasteiger partial charge in [0.25, 0.3) is 0 Å². The normalized spacial score (nSPS) is 39.2. The Bertz CT molecular complexity index is 751. The van der Waals surface area contributed by atoms with Crippen molar-refractivity contribution >= 4 is 5.91 Å². The molecule has 0 radical (unpaired) electrons. The molecule has 1 amide bonds. The van der Waals surface area contributed by atoms with Crippen LogP contribution in [0.1, 0.15) is 12.5 Å². The van der Waals surface area contributed by atoms with E-state index in [2.05, 4.69) is 5.32 Å². The van der Waals surface area contributed by atoms with Crippen LogP contribution >= 0.6 is 0 Å². The van der Waals surface area contributed by atoms with Crippen molar-refractivity contribution in [2.45, 2.75) is 74.9 Å². The molecule has 2 heterocycles. The number of carbonyl (C=O) groups excluding carboxylic acids is 1. The fourth-order valence-electron chi connectivity index (χ4n) is 3.85. The zero-order chi connectivity index (χ0) is 24.1. The zero-order valence-corrected chi connectivity index (χ0v) is 18.0. The molecule has 2 fully saturated rings. The van der Waals surface area contributed by atoms with Crippen LogP contribution in [0.15, 0.2) is 30.3 Å². The summed E-state index contributed by atoms with van der Waals surface area (Å²) in [5.41, 5.74) is 0.806. The Morgan fingerprint density at radius 1 is 0.909 bits per heavy atom. The number of rotatable bonds is 8. The number of carbonyl (C=O) groups is 1. The van der Waals surface area contributed by atoms with Crippen LogP contribution in [0.25, 0.3) is 0 Å². The van der Waals surface area contributed by atoms with Gasteiger partial charge in [0, 0.05) is 6.92 Å². The Kier molecular flexibility index (Phi) is 9.12. The topological polar surface area (TPSA) is 187 Å². The van der Waals surface area contributed by atoms with Crippen molar-refractivity contribution in [2.24, 2.45) is 0 Å². The molecule has 1 aromatic rings. The first-order valence-corrected chi connectivity index (χ1v) is 10.6. The Balaban J connectivity index is 1.82. The smallest absolute Gasteiger partial charge is 0.217 e. The van der Waals surface area contributed by atoms with E-state index in [-0.39, 0.29) is 6.61 Å². The van der Waals surface area contributed by atoms with Crippen LogP contribution < -0.4 is 5.32 Å². The molecule has 186 valence electrons. The maximum Gasteiger partial charge on any atom is 0.217 e. The molecule has 10 atom stereocenters. The molecule has 0 saturated carbocycles. The molecule has 3 rings (SSSR count). The molecule has 2 aliphatic heterocycles. The van der Waals surface area contributed by atoms with Crippen molar-refractivity contribution in [1.29, 1.82) is 0 Å². The molecule has 0 spiro atoms. The van der Waals surface area contributed by atoms with Gasteiger partial charge in [-0.2, -0.15) is 0 Å². The highest BCUT2D eigenvalue weighted by atomic mass is 16.7. The summed E-state index contributed by atoms with van der Waals surface area (Å²) in [6, 6.07) is 8.00. The van der Waals surface area contributed by atoms with Crippen molar-refractivity contribution in [1.82, 2.24) is 5.32 Å². The highest BCUT2D eigenvalue weighted by Crippen LogP contribution is 2.30. The lowest BCUT2D eigenvalue weighted by Crippen LogP contribution is -2.68. The summed E-state index contributed by atoms with van der Waals surface area (Å²) in [6.07, 6.45) is -13.0. The van der Waals surface area contributed by atoms with E-state index in [4.69, 9.17) is 18.9 Å². The van der Waals surface area contributed by atoms with E-state index in [0.29, 0.717) is 0 Å². The number of hydrogen-bond donors (Lipinski definition) is 7. The molecule has 2 aliphatic rings. The number of aliphatic hydroxyl groups is 6. The number of nitrogens with one attached hydrogen (secondary N) is 1. The van der Waals surface area contributed by atoms with Crippen LogP contribution in [0.2, 0.25) is 0 Å². The molecule has 12 heteroatoms. The van der Waals surface area contributed by atoms with E-state index >= 15 is 0 Å². The monoisotopic (exact) mass is 473 g/mol. The molecular weight excluding hydrogens is 442 g/mol. The second-order valence-electron chi connectivity index (χ2n) is 8.04. The van der Waals surface area contributed by atoms with Gasteiger partial charge in [0.05, 0.1) is 19.8 Å². The van der Waals surface area contributed by atoms with Crippen LogP contribution in [0.5, 0.6) is 0 Å². The fourth-order valence-corrected chi connectivity index (χ4v) is 3.85. The van der Waals surface area contributed by atoms with Crippen molar-refractivity contribution in [3.05, 3.63) is 35.9 Å². The minimum atomic E-state index is -1.73. The first-order valence-electron chi connectivity index (χ1n) is 10.6. The first kappa shape index (κ1) is 25.9. The molecular formula is C21H31NO11. The summed E-state index contributed by atoms with van der Waals surface area (Å²) in [4.78, 5) is 11.9. The maximum atomic E-state index is 11.9. The fraction of sp³-hybridized carbons (Fsp3) is 0.667. The third kappa shape index (κ3) is 6.05. The van der Waals surface area contributed by atoms with E-state index < -0.39 is 80.5 Å². The van der Waals surface area contributed by atoms with Crippen LogP contribution in [0.4, 0.5) is 0 Å². The molecule has 33 heavy (non-hydrogen) atoms. The summed E-state index contributed by atoms with van der Waals surface area (Å²) in [6.45, 7) is 0.0539. The third-order valence-electron chi connectivity index (χ3n) is 5.62. The minimum absolute atomic E-state index is 0.0859. The highest BCUT2D eigenvalue weighted by Gasteiger charge is 2.51. The lowest BCUT2D eigenvalue weighted by atomic mass is 9.95. The predicted molar refractivity (Wildman–Crippen MR) is 109 cm³/mol. The molecule has 7 N–H and O–H groups in total. The van der Waals surface area contributed by atoms with Gasteiger partial charge in [0.1, 0.15) is 48.8 Å². The van der Waals surface area contributed by atoms with Gasteiger partial charge in [-0.15, -0.1) is 0 Å². The summed E-state index contributed by atoms with van der Waals surface area (Å²) in [5, 5.41) is 62.8. The molecule has 0 aromatic heterocycles. The number of amides is 1. The van der Waals surface area contributed by atoms with Gasteiger partial charge < -0.3 is 54.9 Å². The standard InChI is InChI=1S/C21H31NO11/c1-10(25)22-14-19(33-21-18(29)17(28)15(26)12(7-23)32-21)16(27)13(8-24)31-20(14)30-9-11-5-3-2-4-6-11/h2-6,12-21,23-24,26-29H,7-9H2,1H3,(H,22,25)/t12-,13+,14-,15-,16-,17+,18-,19-,20+,21+/m0/s1. The summed E-state index contributed by atoms with van der Waals surface area (Å²) >= 11 is 0. The molecule has 0 bridgehead atoms. The Morgan fingerprint density at radius 3 is 2.12 bits per heavy atom. The Morgan fingerprint density at radius 2 is 1.52 bits per heavy atom. The van der Waals surface area contributed by atoms with Gasteiger partial charge >= 0.3 is 0 Å². The minimum Gasteiger partial charge on any atom is -0.394 e. The van der Waals surface area contributed by atoms with E-state index in [1.165, 1.54) is 6.92 Å². The van der Waals surface area contributed by atoms with Crippen LogP contribution in [-0.4, -0.2) is 111 Å². The van der Waals surface area contributed by atoms with Gasteiger partial charge in [0.2, 0.25) is 5.91 Å². The SMILES string of the molecule is CC(=O)N[C@@H]1[C@H](OCc2ccccc2)O[C@H](CO)[C@H](O)[C@H]1O[C@H]1O[C@@H](CO)[C@H](O)[C@@H](O)[C@@H]1O. The van der Waals surface area contributed by atoms with Gasteiger partial charge in [-0.05, 0) is 5.56 Å². The van der Waals surface area contributed by atoms with E-state index in [0.717, 1.165) is 5.56 Å². The largest absolute Gasteiger partial charge is 0.394 e. The number of hydrogen-bond acceptors (Lipinski definition) is 11. The van der Waals surface area contributed by atoms with Gasteiger partial charge in [-0.3, -0.25) is 4.79 Å². The van der Waals surface area contributed by atoms with Crippen molar-refractivity contribution in [3.8, 4) is 0 Å². The predicted octanol–water partition coefficient (Wildman–Crippen LogP) is -3.03. The average molecular weight is 473 g/mol. The van der Waals surface area contributed by atoms with Crippen molar-refractivity contribution in [2.75, 3.05) is 13.2 Å². The number of benzene rings is 1. The molecule has 1 aromatic carbocycles. The first-order chi connectivity index (χ1) is 15.8. The summed E-state index contributed by atoms with van der Waals surface area (Å²) in [5.74, 6) is -0.492. The second-order valence-corrected chi connectivity index (χ2v) is 8.04. The van der Waals surface area contributed by atoms with Crippen molar-refractivity contribution < 1.29 is 54.4 Å². The van der Waals surface area contributed by atoms with E-state index in [9.17, 15) is 35.4 Å². The average Bonchev–Trinajstić information content (AvgIpc) is 2.81. The highest BCUT2D eigenvalue weighted by molar-refractivity contribution is 5.73. The molecule has 0 unspecified atom stereocenters. The third-order valence-corrected chi connectivity index (χ3v) is 5.62. The van der Waals surface area contributed by atoms with Crippen LogP contribution in [0, 0.1) is 0 Å². The molecule has 12 nitrogen and oxygen atoms in total. The summed E-state index contributed by atoms with van der Waals surface area (Å²) in [7, 11) is 0. The lowest BCUT2D eigenvalue weighted by Gasteiger charge is -2.47. The quantitative estimate of drug-likeness (QED) is 0.203. The van der Waals surface area contributed by atoms with E-state index in [1.807, 2.05) is 30.3 Å². The Hall–Kier alpha value is -1.71. The molecule has 0 aliphatic carbocycles. The van der Waals surface area contributed by atoms with Crippen LogP contribution in [0.3, 0.4) is 0 Å². The van der Waals surface area contributed by atoms with Gasteiger partial charge in [0.15, 0.2) is 12.6 Å². The second kappa shape index (κ2) is 11.6.